The number of halogens is 1. The zero-order valence-corrected chi connectivity index (χ0v) is 25.5. The number of hydrogen-bond acceptors (Lipinski definition) is 8. The molecule has 0 atom stereocenters. The van der Waals surface area contributed by atoms with Gasteiger partial charge in [-0.3, -0.25) is 9.69 Å². The van der Waals surface area contributed by atoms with Crippen LogP contribution in [0.2, 0.25) is 0 Å². The van der Waals surface area contributed by atoms with E-state index in [-0.39, 0.29) is 18.1 Å². The lowest BCUT2D eigenvalue weighted by atomic mass is 10.1. The fourth-order valence-corrected chi connectivity index (χ4v) is 6.15. The fourth-order valence-electron chi connectivity index (χ4n) is 4.39. The van der Waals surface area contributed by atoms with E-state index < -0.39 is 5.97 Å². The van der Waals surface area contributed by atoms with E-state index in [1.165, 1.54) is 17.8 Å². The monoisotopic (exact) mass is 685 g/mol. The van der Waals surface area contributed by atoms with Gasteiger partial charge in [0.15, 0.2) is 16.7 Å². The second-order valence-electron chi connectivity index (χ2n) is 9.31. The number of carbonyl (C=O) groups excluding carboxylic acids is 1. The second kappa shape index (κ2) is 13.0. The summed E-state index contributed by atoms with van der Waals surface area (Å²) in [6.45, 7) is 3.37. The zero-order valence-electron chi connectivity index (χ0n) is 22.5. The van der Waals surface area contributed by atoms with Crippen molar-refractivity contribution in [3.05, 3.63) is 85.8 Å². The van der Waals surface area contributed by atoms with Crippen molar-refractivity contribution in [2.24, 2.45) is 4.99 Å². The first kappa shape index (κ1) is 29.0. The van der Waals surface area contributed by atoms with Crippen molar-refractivity contribution in [2.45, 2.75) is 6.61 Å². The third kappa shape index (κ3) is 6.85. The highest BCUT2D eigenvalue weighted by molar-refractivity contribution is 14.1. The summed E-state index contributed by atoms with van der Waals surface area (Å²) in [6.07, 6.45) is 1.82. The number of carboxylic acids is 1. The number of morpholine rings is 1. The topological polar surface area (TPSA) is 101 Å². The van der Waals surface area contributed by atoms with Gasteiger partial charge in [-0.25, -0.2) is 9.79 Å². The van der Waals surface area contributed by atoms with Crippen LogP contribution in [0.25, 0.3) is 6.08 Å². The highest BCUT2D eigenvalue weighted by Gasteiger charge is 2.30. The van der Waals surface area contributed by atoms with E-state index in [0.717, 1.165) is 52.4 Å². The minimum Gasteiger partial charge on any atom is -0.493 e. The van der Waals surface area contributed by atoms with Gasteiger partial charge < -0.3 is 24.2 Å². The molecule has 2 aliphatic heterocycles. The van der Waals surface area contributed by atoms with Crippen molar-refractivity contribution >= 4 is 68.8 Å². The average Bonchev–Trinajstić information content (AvgIpc) is 3.24. The molecular formula is C30H28IN3O6S. The lowest BCUT2D eigenvalue weighted by Gasteiger charge is -2.28. The number of carboxylic acid groups (broad SMARTS) is 1. The Morgan fingerprint density at radius 3 is 2.61 bits per heavy atom. The number of ether oxygens (including phenoxy) is 3. The molecule has 41 heavy (non-hydrogen) atoms. The Hall–Kier alpha value is -3.55. The predicted molar refractivity (Wildman–Crippen MR) is 168 cm³/mol. The van der Waals surface area contributed by atoms with Gasteiger partial charge in [-0.15, -0.1) is 0 Å². The van der Waals surface area contributed by atoms with E-state index in [2.05, 4.69) is 27.5 Å². The van der Waals surface area contributed by atoms with Crippen LogP contribution in [-0.4, -0.2) is 67.5 Å². The summed E-state index contributed by atoms with van der Waals surface area (Å²) in [5, 5.41) is 9.84. The number of carbonyl (C=O) groups is 2. The van der Waals surface area contributed by atoms with E-state index in [9.17, 15) is 14.7 Å². The van der Waals surface area contributed by atoms with Gasteiger partial charge in [0, 0.05) is 25.8 Å². The molecule has 212 valence electrons. The van der Waals surface area contributed by atoms with Gasteiger partial charge in [0.25, 0.3) is 5.91 Å². The number of amidine groups is 1. The number of amides is 1. The van der Waals surface area contributed by atoms with Gasteiger partial charge in [0.2, 0.25) is 0 Å². The number of methoxy groups -OCH3 is 1. The van der Waals surface area contributed by atoms with Crippen molar-refractivity contribution in [1.82, 2.24) is 4.90 Å². The van der Waals surface area contributed by atoms with Crippen molar-refractivity contribution in [1.29, 1.82) is 0 Å². The van der Waals surface area contributed by atoms with Crippen LogP contribution in [0.4, 0.5) is 11.4 Å². The van der Waals surface area contributed by atoms with Gasteiger partial charge in [-0.1, -0.05) is 12.1 Å². The third-order valence-corrected chi connectivity index (χ3v) is 8.42. The van der Waals surface area contributed by atoms with Crippen LogP contribution >= 0.6 is 34.4 Å². The number of aliphatic imine (C=N–C) groups is 1. The summed E-state index contributed by atoms with van der Waals surface area (Å²) < 4.78 is 17.8. The molecule has 2 heterocycles. The molecule has 0 saturated carbocycles. The standard InChI is InChI=1S/C30H28IN3O6S/c1-33-28(35)26(41-30(33)32-22-6-8-23(9-7-22)34-10-12-39-13-11-34)17-20-15-24(31)27(25(16-20)38-2)40-18-19-4-3-5-21(14-19)29(36)37/h3-9,14-17H,10-13,18H2,1-2H3,(H,36,37)/b26-17-,32-30?. The maximum atomic E-state index is 13.0. The highest BCUT2D eigenvalue weighted by atomic mass is 127. The Kier molecular flexibility index (Phi) is 9.15. The highest BCUT2D eigenvalue weighted by Crippen LogP contribution is 2.38. The molecule has 2 fully saturated rings. The number of anilines is 1. The van der Waals surface area contributed by atoms with Gasteiger partial charge in [-0.2, -0.15) is 0 Å². The molecule has 0 unspecified atom stereocenters. The van der Waals surface area contributed by atoms with Crippen molar-refractivity contribution in [3.8, 4) is 11.5 Å². The van der Waals surface area contributed by atoms with Crippen LogP contribution in [0.1, 0.15) is 21.5 Å². The molecule has 0 radical (unpaired) electrons. The maximum absolute atomic E-state index is 13.0. The Morgan fingerprint density at radius 1 is 1.15 bits per heavy atom. The Bertz CT molecular complexity index is 1520. The summed E-state index contributed by atoms with van der Waals surface area (Å²) in [7, 11) is 3.27. The fraction of sp³-hybridized carbons (Fsp3) is 0.233. The number of thioether (sulfide) groups is 1. The summed E-state index contributed by atoms with van der Waals surface area (Å²) in [4.78, 5) is 33.4. The van der Waals surface area contributed by atoms with E-state index >= 15 is 0 Å². The molecule has 1 N–H and O–H groups in total. The van der Waals surface area contributed by atoms with Crippen LogP contribution in [0.3, 0.4) is 0 Å². The molecule has 2 aliphatic rings. The molecule has 0 bridgehead atoms. The SMILES string of the molecule is COc1cc(/C=C2\SC(=Nc3ccc(N4CCOCC4)cc3)N(C)C2=O)cc(I)c1OCc1cccc(C(=O)O)c1. The smallest absolute Gasteiger partial charge is 0.335 e. The number of aromatic carboxylic acids is 1. The second-order valence-corrected chi connectivity index (χ2v) is 11.5. The Labute approximate surface area is 255 Å². The molecule has 3 aromatic carbocycles. The summed E-state index contributed by atoms with van der Waals surface area (Å²) >= 11 is 3.49. The van der Waals surface area contributed by atoms with Crippen molar-refractivity contribution < 1.29 is 28.9 Å². The number of likely N-dealkylation sites (N-methyl/N-ethyl adjacent to an activating group) is 1. The zero-order chi connectivity index (χ0) is 28.9. The minimum atomic E-state index is -0.990. The third-order valence-electron chi connectivity index (χ3n) is 6.56. The van der Waals surface area contributed by atoms with Gasteiger partial charge in [-0.05, 0) is 100 Å². The molecule has 2 saturated heterocycles. The van der Waals surface area contributed by atoms with Crippen LogP contribution in [0, 0.1) is 3.57 Å². The quantitative estimate of drug-likeness (QED) is 0.240. The number of hydrogen-bond donors (Lipinski definition) is 1. The maximum Gasteiger partial charge on any atom is 0.335 e. The molecular weight excluding hydrogens is 657 g/mol. The van der Waals surface area contributed by atoms with E-state index in [1.807, 2.05) is 48.5 Å². The number of rotatable bonds is 8. The molecule has 5 rings (SSSR count). The minimum absolute atomic E-state index is 0.133. The normalized spacial score (nSPS) is 17.4. The van der Waals surface area contributed by atoms with E-state index in [1.54, 1.807) is 31.2 Å². The predicted octanol–water partition coefficient (Wildman–Crippen LogP) is 5.65. The molecule has 0 spiro atoms. The van der Waals surface area contributed by atoms with Crippen LogP contribution < -0.4 is 14.4 Å². The largest absolute Gasteiger partial charge is 0.493 e. The Balaban J connectivity index is 1.31. The molecule has 1 amide bonds. The van der Waals surface area contributed by atoms with Gasteiger partial charge in [0.1, 0.15) is 6.61 Å². The number of nitrogens with zero attached hydrogens (tertiary/aromatic N) is 3. The van der Waals surface area contributed by atoms with Gasteiger partial charge >= 0.3 is 5.97 Å². The molecule has 0 aromatic heterocycles. The first-order valence-corrected chi connectivity index (χ1v) is 14.7. The first-order valence-electron chi connectivity index (χ1n) is 12.8. The first-order chi connectivity index (χ1) is 19.8. The summed E-state index contributed by atoms with van der Waals surface area (Å²) in [5.74, 6) is -0.0694. The molecule has 11 heteroatoms. The lowest BCUT2D eigenvalue weighted by molar-refractivity contribution is -0.121. The number of benzene rings is 3. The van der Waals surface area contributed by atoms with Crippen LogP contribution in [0.5, 0.6) is 11.5 Å². The van der Waals surface area contributed by atoms with Crippen LogP contribution in [0.15, 0.2) is 70.6 Å². The van der Waals surface area contributed by atoms with Crippen LogP contribution in [-0.2, 0) is 16.1 Å². The summed E-state index contributed by atoms with van der Waals surface area (Å²) in [6, 6.07) is 18.3. The average molecular weight is 686 g/mol. The molecule has 3 aromatic rings. The lowest BCUT2D eigenvalue weighted by Crippen LogP contribution is -2.36. The van der Waals surface area contributed by atoms with E-state index in [0.29, 0.717) is 21.6 Å². The summed E-state index contributed by atoms with van der Waals surface area (Å²) in [5.41, 5.74) is 3.62. The molecule has 9 nitrogen and oxygen atoms in total. The molecule has 0 aliphatic carbocycles. The van der Waals surface area contributed by atoms with Gasteiger partial charge in [0.05, 0.1) is 40.0 Å². The van der Waals surface area contributed by atoms with Crippen molar-refractivity contribution in [2.75, 3.05) is 45.4 Å². The van der Waals surface area contributed by atoms with E-state index in [4.69, 9.17) is 19.2 Å². The Morgan fingerprint density at radius 2 is 1.90 bits per heavy atom. The van der Waals surface area contributed by atoms with Crippen molar-refractivity contribution in [3.63, 3.8) is 0 Å².